The third-order valence-electron chi connectivity index (χ3n) is 4.92. The van der Waals surface area contributed by atoms with Gasteiger partial charge < -0.3 is 9.88 Å². The first-order chi connectivity index (χ1) is 14.0. The van der Waals surface area contributed by atoms with Crippen molar-refractivity contribution in [2.45, 2.75) is 32.2 Å². The van der Waals surface area contributed by atoms with Crippen LogP contribution in [-0.4, -0.2) is 24.6 Å². The Balaban J connectivity index is 1.59. The van der Waals surface area contributed by atoms with Crippen LogP contribution in [0.3, 0.4) is 0 Å². The van der Waals surface area contributed by atoms with Crippen LogP contribution < -0.4 is 5.32 Å². The number of nitro groups is 2. The Morgan fingerprint density at radius 1 is 0.931 bits per heavy atom. The summed E-state index contributed by atoms with van der Waals surface area (Å²) in [6, 6.07) is 10.8. The van der Waals surface area contributed by atoms with Crippen molar-refractivity contribution in [3.05, 3.63) is 68.5 Å². The molecule has 0 radical (unpaired) electrons. The van der Waals surface area contributed by atoms with E-state index in [1.165, 1.54) is 18.6 Å². The fourth-order valence-corrected chi connectivity index (χ4v) is 3.45. The van der Waals surface area contributed by atoms with Crippen molar-refractivity contribution in [3.8, 4) is 11.4 Å². The monoisotopic (exact) mass is 394 g/mol. The molecule has 0 atom stereocenters. The third-order valence-corrected chi connectivity index (χ3v) is 4.92. The molecule has 0 saturated heterocycles. The molecule has 29 heavy (non-hydrogen) atoms. The van der Waals surface area contributed by atoms with Gasteiger partial charge in [0.05, 0.1) is 15.9 Å². The molecule has 0 aliphatic carbocycles. The minimum absolute atomic E-state index is 0.185. The lowest BCUT2D eigenvalue weighted by Crippen LogP contribution is -2.03. The molecule has 148 valence electrons. The first-order valence-corrected chi connectivity index (χ1v) is 9.25. The summed E-state index contributed by atoms with van der Waals surface area (Å²) in [4.78, 5) is 20.9. The normalized spacial score (nSPS) is 13.4. The van der Waals surface area contributed by atoms with Crippen molar-refractivity contribution in [2.75, 3.05) is 5.32 Å². The predicted molar refractivity (Wildman–Crippen MR) is 106 cm³/mol. The molecule has 0 unspecified atom stereocenters. The maximum absolute atomic E-state index is 11.3. The maximum Gasteiger partial charge on any atom is 0.299 e. The van der Waals surface area contributed by atoms with Gasteiger partial charge in [0.2, 0.25) is 0 Å². The summed E-state index contributed by atoms with van der Waals surface area (Å²) < 4.78 is 2.15. The summed E-state index contributed by atoms with van der Waals surface area (Å²) in [6.45, 7) is 0.895. The van der Waals surface area contributed by atoms with E-state index in [0.717, 1.165) is 49.1 Å². The van der Waals surface area contributed by atoms with Crippen molar-refractivity contribution >= 4 is 22.7 Å². The summed E-state index contributed by atoms with van der Waals surface area (Å²) in [5, 5.41) is 33.7. The van der Waals surface area contributed by atoms with E-state index in [0.29, 0.717) is 5.69 Å². The van der Waals surface area contributed by atoms with Crippen LogP contribution in [0.2, 0.25) is 0 Å². The highest BCUT2D eigenvalue weighted by Crippen LogP contribution is 2.32. The molecule has 2 heterocycles. The fraction of sp³-hybridized carbons (Fsp3) is 0.263. The van der Waals surface area contributed by atoms with E-state index in [1.54, 1.807) is 12.1 Å². The zero-order valence-electron chi connectivity index (χ0n) is 15.4. The number of non-ortho nitro benzene ring substituents is 1. The Morgan fingerprint density at radius 2 is 1.72 bits per heavy atom. The second-order valence-electron chi connectivity index (χ2n) is 6.82. The highest BCUT2D eigenvalue weighted by molar-refractivity contribution is 5.73. The minimum atomic E-state index is -0.660. The molecule has 10 nitrogen and oxygen atoms in total. The number of aromatic nitrogens is 3. The summed E-state index contributed by atoms with van der Waals surface area (Å²) in [5.41, 5.74) is 1.04. The lowest BCUT2D eigenvalue weighted by Gasteiger charge is -2.09. The number of nitrogens with one attached hydrogen (secondary N) is 1. The number of aryl methyl sites for hydroxylation is 1. The van der Waals surface area contributed by atoms with E-state index in [2.05, 4.69) is 20.1 Å². The van der Waals surface area contributed by atoms with E-state index in [4.69, 9.17) is 0 Å². The van der Waals surface area contributed by atoms with E-state index in [9.17, 15) is 20.2 Å². The lowest BCUT2D eigenvalue weighted by atomic mass is 10.1. The molecular formula is C19H18N6O4. The summed E-state index contributed by atoms with van der Waals surface area (Å²) in [5.74, 6) is 1.82. The van der Waals surface area contributed by atoms with Crippen LogP contribution in [0.5, 0.6) is 0 Å². The highest BCUT2D eigenvalue weighted by atomic mass is 16.6. The number of hydrogen-bond donors (Lipinski definition) is 1. The van der Waals surface area contributed by atoms with E-state index >= 15 is 0 Å². The molecule has 2 aromatic carbocycles. The van der Waals surface area contributed by atoms with Crippen LogP contribution in [0.25, 0.3) is 11.4 Å². The van der Waals surface area contributed by atoms with Gasteiger partial charge in [0.15, 0.2) is 5.82 Å². The Kier molecular flexibility index (Phi) is 4.90. The van der Waals surface area contributed by atoms with E-state index in [1.807, 2.05) is 12.1 Å². The van der Waals surface area contributed by atoms with E-state index in [-0.39, 0.29) is 17.1 Å². The Hall–Kier alpha value is -3.82. The summed E-state index contributed by atoms with van der Waals surface area (Å²) in [7, 11) is 0. The highest BCUT2D eigenvalue weighted by Gasteiger charge is 2.20. The van der Waals surface area contributed by atoms with Gasteiger partial charge in [-0.25, -0.2) is 0 Å². The third kappa shape index (κ3) is 3.77. The number of fused-ring (bicyclic) bond motifs is 1. The largest absolute Gasteiger partial charge is 0.350 e. The number of benzene rings is 2. The smallest absolute Gasteiger partial charge is 0.299 e. The first kappa shape index (κ1) is 18.5. The zero-order chi connectivity index (χ0) is 20.4. The van der Waals surface area contributed by atoms with Gasteiger partial charge in [0.1, 0.15) is 11.5 Å². The molecule has 3 aromatic rings. The van der Waals surface area contributed by atoms with Gasteiger partial charge in [-0.15, -0.1) is 10.2 Å². The lowest BCUT2D eigenvalue weighted by molar-refractivity contribution is -0.393. The van der Waals surface area contributed by atoms with Gasteiger partial charge in [-0.05, 0) is 43.2 Å². The molecule has 4 rings (SSSR count). The average Bonchev–Trinajstić information content (AvgIpc) is 2.96. The molecule has 1 aliphatic heterocycles. The van der Waals surface area contributed by atoms with Gasteiger partial charge in [-0.2, -0.15) is 0 Å². The molecule has 0 saturated carbocycles. The van der Waals surface area contributed by atoms with Crippen molar-refractivity contribution in [2.24, 2.45) is 0 Å². The van der Waals surface area contributed by atoms with Crippen LogP contribution in [0, 0.1) is 20.2 Å². The van der Waals surface area contributed by atoms with Crippen molar-refractivity contribution in [1.82, 2.24) is 14.8 Å². The SMILES string of the molecule is O=[N+]([O-])c1ccc(Nc2ccc(-c3nnc4n3CCCCC4)cc2)c([N+](=O)[O-])c1. The molecule has 0 bridgehead atoms. The molecule has 0 fully saturated rings. The molecule has 1 aromatic heterocycles. The number of anilines is 2. The van der Waals surface area contributed by atoms with Crippen LogP contribution in [0.4, 0.5) is 22.7 Å². The molecule has 0 spiro atoms. The predicted octanol–water partition coefficient (Wildman–Crippen LogP) is 4.23. The topological polar surface area (TPSA) is 129 Å². The first-order valence-electron chi connectivity index (χ1n) is 9.25. The zero-order valence-corrected chi connectivity index (χ0v) is 15.4. The van der Waals surface area contributed by atoms with Crippen molar-refractivity contribution < 1.29 is 9.85 Å². The van der Waals surface area contributed by atoms with Crippen LogP contribution in [0.1, 0.15) is 25.1 Å². The standard InChI is InChI=1S/C19H18N6O4/c26-24(27)15-9-10-16(17(12-15)25(28)29)20-14-7-5-13(6-8-14)19-22-21-18-4-2-1-3-11-23(18)19/h5-10,12,20H,1-4,11H2. The van der Waals surface area contributed by atoms with Crippen LogP contribution in [-0.2, 0) is 13.0 Å². The average molecular weight is 394 g/mol. The molecular weight excluding hydrogens is 376 g/mol. The maximum atomic E-state index is 11.3. The molecule has 10 heteroatoms. The summed E-state index contributed by atoms with van der Waals surface area (Å²) in [6.07, 6.45) is 4.33. The Bertz CT molecular complexity index is 1080. The van der Waals surface area contributed by atoms with Gasteiger partial charge in [-0.3, -0.25) is 20.2 Å². The quantitative estimate of drug-likeness (QED) is 0.506. The van der Waals surface area contributed by atoms with Crippen molar-refractivity contribution in [1.29, 1.82) is 0 Å². The number of nitrogens with zero attached hydrogens (tertiary/aromatic N) is 5. The number of rotatable bonds is 5. The van der Waals surface area contributed by atoms with Crippen LogP contribution in [0.15, 0.2) is 42.5 Å². The molecule has 0 amide bonds. The fourth-order valence-electron chi connectivity index (χ4n) is 3.45. The molecule has 1 aliphatic rings. The van der Waals surface area contributed by atoms with Gasteiger partial charge >= 0.3 is 0 Å². The number of nitro benzene ring substituents is 2. The Morgan fingerprint density at radius 3 is 2.45 bits per heavy atom. The number of hydrogen-bond acceptors (Lipinski definition) is 7. The minimum Gasteiger partial charge on any atom is -0.350 e. The second-order valence-corrected chi connectivity index (χ2v) is 6.82. The second kappa shape index (κ2) is 7.66. The van der Waals surface area contributed by atoms with E-state index < -0.39 is 9.85 Å². The van der Waals surface area contributed by atoms with Crippen LogP contribution >= 0.6 is 0 Å². The van der Waals surface area contributed by atoms with Crippen molar-refractivity contribution in [3.63, 3.8) is 0 Å². The van der Waals surface area contributed by atoms with Gasteiger partial charge in [-0.1, -0.05) is 6.42 Å². The molecule has 1 N–H and O–H groups in total. The van der Waals surface area contributed by atoms with Gasteiger partial charge in [0.25, 0.3) is 11.4 Å². The van der Waals surface area contributed by atoms with Gasteiger partial charge in [0, 0.05) is 30.3 Å². The summed E-state index contributed by atoms with van der Waals surface area (Å²) >= 11 is 0. The Labute approximate surface area is 165 Å².